The van der Waals surface area contributed by atoms with E-state index < -0.39 is 19.2 Å². The number of carbonyl (C=O) groups is 1. The highest BCUT2D eigenvalue weighted by molar-refractivity contribution is 7.62. The van der Waals surface area contributed by atoms with Crippen LogP contribution in [0.3, 0.4) is 0 Å². The number of aryl methyl sites for hydroxylation is 1. The molecule has 0 saturated heterocycles. The van der Waals surface area contributed by atoms with Crippen molar-refractivity contribution in [2.75, 3.05) is 13.2 Å². The van der Waals surface area contributed by atoms with Crippen LogP contribution in [-0.2, 0) is 18.3 Å². The monoisotopic (exact) mass is 331 g/mol. The highest BCUT2D eigenvalue weighted by Crippen LogP contribution is 2.49. The summed E-state index contributed by atoms with van der Waals surface area (Å²) < 4.78 is 29.1. The average molecular weight is 331 g/mol. The lowest BCUT2D eigenvalue weighted by atomic mass is 10.2. The van der Waals surface area contributed by atoms with E-state index >= 15 is 0 Å². The second-order valence-electron chi connectivity index (χ2n) is 5.93. The molecular weight excluding hydrogens is 305 g/mol. The lowest BCUT2D eigenvalue weighted by molar-refractivity contribution is 0.00627. The van der Waals surface area contributed by atoms with Crippen LogP contribution in [0.5, 0.6) is 0 Å². The Morgan fingerprint density at radius 3 is 2.05 bits per heavy atom. The standard InChI is InChI=1S/C15H26NO5P/c1-8-19-22(18,20-9-2)13-10(3)12(16-11(13)4)14(17)21-15(5,6)7/h16H,8-9H2,1-7H3. The molecule has 7 heteroatoms. The molecule has 1 heterocycles. The predicted molar refractivity (Wildman–Crippen MR) is 85.9 cm³/mol. The van der Waals surface area contributed by atoms with Gasteiger partial charge in [0.25, 0.3) is 0 Å². The highest BCUT2D eigenvalue weighted by Gasteiger charge is 2.35. The molecule has 0 saturated carbocycles. The van der Waals surface area contributed by atoms with Crippen molar-refractivity contribution >= 4 is 18.9 Å². The summed E-state index contributed by atoms with van der Waals surface area (Å²) in [6, 6.07) is 0. The van der Waals surface area contributed by atoms with Crippen LogP contribution in [0.4, 0.5) is 0 Å². The molecule has 1 N–H and O–H groups in total. The number of esters is 1. The van der Waals surface area contributed by atoms with Gasteiger partial charge < -0.3 is 18.8 Å². The molecule has 0 unspecified atom stereocenters. The summed E-state index contributed by atoms with van der Waals surface area (Å²) in [5, 5.41) is 0.414. The maximum atomic E-state index is 13.0. The molecule has 0 spiro atoms. The molecule has 0 aliphatic carbocycles. The number of nitrogens with one attached hydrogen (secondary N) is 1. The van der Waals surface area contributed by atoms with Crippen molar-refractivity contribution < 1.29 is 23.1 Å². The minimum absolute atomic E-state index is 0.253. The van der Waals surface area contributed by atoms with Gasteiger partial charge in [0.1, 0.15) is 11.3 Å². The van der Waals surface area contributed by atoms with Crippen molar-refractivity contribution in [3.8, 4) is 0 Å². The van der Waals surface area contributed by atoms with E-state index in [-0.39, 0.29) is 18.9 Å². The Morgan fingerprint density at radius 2 is 1.64 bits per heavy atom. The van der Waals surface area contributed by atoms with E-state index in [1.54, 1.807) is 48.5 Å². The molecule has 22 heavy (non-hydrogen) atoms. The van der Waals surface area contributed by atoms with E-state index in [9.17, 15) is 9.36 Å². The molecule has 0 fully saturated rings. The highest BCUT2D eigenvalue weighted by atomic mass is 31.2. The third-order valence-corrected chi connectivity index (χ3v) is 5.29. The van der Waals surface area contributed by atoms with E-state index in [0.29, 0.717) is 16.6 Å². The largest absolute Gasteiger partial charge is 0.455 e. The van der Waals surface area contributed by atoms with E-state index in [0.717, 1.165) is 0 Å². The van der Waals surface area contributed by atoms with Crippen molar-refractivity contribution in [2.45, 2.75) is 54.1 Å². The molecule has 6 nitrogen and oxygen atoms in total. The Hall–Kier alpha value is -1.10. The third kappa shape index (κ3) is 4.22. The summed E-state index contributed by atoms with van der Waals surface area (Å²) in [7, 11) is -3.46. The predicted octanol–water partition coefficient (Wildman–Crippen LogP) is 3.48. The Morgan fingerprint density at radius 1 is 1.14 bits per heavy atom. The fourth-order valence-corrected chi connectivity index (χ4v) is 4.19. The van der Waals surface area contributed by atoms with Crippen LogP contribution < -0.4 is 5.30 Å². The number of H-pyrrole nitrogens is 1. The number of rotatable bonds is 6. The molecule has 0 aliphatic heterocycles. The van der Waals surface area contributed by atoms with Gasteiger partial charge in [0, 0.05) is 5.69 Å². The average Bonchev–Trinajstić information content (AvgIpc) is 2.63. The zero-order chi connectivity index (χ0) is 17.1. The fraction of sp³-hybridized carbons (Fsp3) is 0.667. The first kappa shape index (κ1) is 18.9. The first-order valence-electron chi connectivity index (χ1n) is 7.38. The summed E-state index contributed by atoms with van der Waals surface area (Å²) in [5.41, 5.74) is 0.800. The van der Waals surface area contributed by atoms with Gasteiger partial charge in [-0.2, -0.15) is 0 Å². The van der Waals surface area contributed by atoms with Crippen molar-refractivity contribution in [3.05, 3.63) is 17.0 Å². The number of aromatic nitrogens is 1. The van der Waals surface area contributed by atoms with Crippen LogP contribution in [0.2, 0.25) is 0 Å². The number of carbonyl (C=O) groups excluding carboxylic acids is 1. The first-order chi connectivity index (χ1) is 10.1. The number of ether oxygens (including phenoxy) is 1. The zero-order valence-electron chi connectivity index (χ0n) is 14.4. The van der Waals surface area contributed by atoms with Gasteiger partial charge >= 0.3 is 13.6 Å². The third-order valence-electron chi connectivity index (χ3n) is 2.87. The van der Waals surface area contributed by atoms with E-state index in [1.807, 2.05) is 0 Å². The second kappa shape index (κ2) is 6.99. The maximum absolute atomic E-state index is 13.0. The second-order valence-corrected chi connectivity index (χ2v) is 7.89. The molecular formula is C15H26NO5P. The first-order valence-corrected chi connectivity index (χ1v) is 8.92. The van der Waals surface area contributed by atoms with Gasteiger partial charge in [-0.15, -0.1) is 0 Å². The molecule has 0 amide bonds. The Balaban J connectivity index is 3.30. The zero-order valence-corrected chi connectivity index (χ0v) is 15.3. The summed E-state index contributed by atoms with van der Waals surface area (Å²) in [6.07, 6.45) is 0. The Kier molecular flexibility index (Phi) is 6.02. The van der Waals surface area contributed by atoms with Crippen LogP contribution in [-0.4, -0.2) is 29.8 Å². The van der Waals surface area contributed by atoms with Gasteiger partial charge in [-0.1, -0.05) is 0 Å². The minimum Gasteiger partial charge on any atom is -0.455 e. The number of aromatic amines is 1. The molecule has 0 bridgehead atoms. The van der Waals surface area contributed by atoms with E-state index in [2.05, 4.69) is 4.98 Å². The molecule has 126 valence electrons. The molecule has 1 rings (SSSR count). The van der Waals surface area contributed by atoms with Gasteiger partial charge in [-0.05, 0) is 54.0 Å². The van der Waals surface area contributed by atoms with Crippen LogP contribution in [0.25, 0.3) is 0 Å². The molecule has 0 aliphatic rings. The lowest BCUT2D eigenvalue weighted by Crippen LogP contribution is -2.24. The van der Waals surface area contributed by atoms with Crippen molar-refractivity contribution in [1.82, 2.24) is 4.98 Å². The summed E-state index contributed by atoms with van der Waals surface area (Å²) in [4.78, 5) is 15.2. The lowest BCUT2D eigenvalue weighted by Gasteiger charge is -2.19. The van der Waals surface area contributed by atoms with Crippen LogP contribution >= 0.6 is 7.60 Å². The molecule has 0 atom stereocenters. The van der Waals surface area contributed by atoms with E-state index in [4.69, 9.17) is 13.8 Å². The number of hydrogen-bond acceptors (Lipinski definition) is 5. The molecule has 0 radical (unpaired) electrons. The van der Waals surface area contributed by atoms with Crippen LogP contribution in [0, 0.1) is 13.8 Å². The molecule has 1 aromatic heterocycles. The normalized spacial score (nSPS) is 12.5. The van der Waals surface area contributed by atoms with Crippen molar-refractivity contribution in [1.29, 1.82) is 0 Å². The van der Waals surface area contributed by atoms with Crippen molar-refractivity contribution in [3.63, 3.8) is 0 Å². The van der Waals surface area contributed by atoms with Gasteiger partial charge in [0.2, 0.25) is 0 Å². The van der Waals surface area contributed by atoms with Crippen molar-refractivity contribution in [2.24, 2.45) is 0 Å². The molecule has 0 aromatic carbocycles. The fourth-order valence-electron chi connectivity index (χ4n) is 2.19. The SMILES string of the molecule is CCOP(=O)(OCC)c1c(C)[nH]c(C(=O)OC(C)(C)C)c1C. The smallest absolute Gasteiger partial charge is 0.363 e. The van der Waals surface area contributed by atoms with Gasteiger partial charge in [-0.3, -0.25) is 4.57 Å². The maximum Gasteiger partial charge on any atom is 0.363 e. The topological polar surface area (TPSA) is 77.6 Å². The van der Waals surface area contributed by atoms with Gasteiger partial charge in [0.15, 0.2) is 0 Å². The summed E-state index contributed by atoms with van der Waals surface area (Å²) in [6.45, 7) is 12.8. The van der Waals surface area contributed by atoms with Crippen LogP contribution in [0.15, 0.2) is 0 Å². The molecule has 1 aromatic rings. The number of hydrogen-bond donors (Lipinski definition) is 1. The Bertz CT molecular complexity index is 575. The van der Waals surface area contributed by atoms with E-state index in [1.165, 1.54) is 0 Å². The quantitative estimate of drug-likeness (QED) is 0.638. The summed E-state index contributed by atoms with van der Waals surface area (Å²) in [5.74, 6) is -0.487. The minimum atomic E-state index is -3.46. The summed E-state index contributed by atoms with van der Waals surface area (Å²) >= 11 is 0. The van der Waals surface area contributed by atoms with Gasteiger partial charge in [0.05, 0.1) is 18.5 Å². The van der Waals surface area contributed by atoms with Gasteiger partial charge in [-0.25, -0.2) is 4.79 Å². The van der Waals surface area contributed by atoms with Crippen LogP contribution in [0.1, 0.15) is 56.4 Å². The Labute approximate surface area is 132 Å².